The maximum absolute atomic E-state index is 12.9. The van der Waals surface area contributed by atoms with Crippen molar-refractivity contribution < 1.29 is 22.7 Å². The molecule has 166 valence electrons. The first-order valence-corrected chi connectivity index (χ1v) is 9.79. The number of nitrogens with zero attached hydrogens (tertiary/aromatic N) is 4. The van der Waals surface area contributed by atoms with Gasteiger partial charge in [0.1, 0.15) is 5.75 Å². The molecule has 0 bridgehead atoms. The number of aryl methyl sites for hydroxylation is 2. The highest BCUT2D eigenvalue weighted by Gasteiger charge is 2.37. The minimum atomic E-state index is -4.67. The van der Waals surface area contributed by atoms with Gasteiger partial charge in [-0.05, 0) is 48.4 Å². The van der Waals surface area contributed by atoms with Gasteiger partial charge in [0.05, 0.1) is 13.5 Å². The van der Waals surface area contributed by atoms with Crippen molar-refractivity contribution in [1.29, 1.82) is 0 Å². The fraction of sp³-hybridized carbons (Fsp3) is 0.273. The molecule has 2 aromatic carbocycles. The minimum Gasteiger partial charge on any atom is -0.497 e. The van der Waals surface area contributed by atoms with Crippen LogP contribution in [0.15, 0.2) is 36.4 Å². The second-order valence-corrected chi connectivity index (χ2v) is 7.41. The van der Waals surface area contributed by atoms with Crippen molar-refractivity contribution in [2.24, 2.45) is 0 Å². The van der Waals surface area contributed by atoms with E-state index in [1.807, 2.05) is 36.4 Å². The molecule has 2 heterocycles. The molecule has 1 amide bonds. The molecule has 0 aliphatic heterocycles. The Morgan fingerprint density at radius 1 is 1.09 bits per heavy atom. The molecule has 0 fully saturated rings. The Hall–Kier alpha value is -3.69. The summed E-state index contributed by atoms with van der Waals surface area (Å²) in [6.07, 6.45) is -4.71. The molecule has 0 saturated carbocycles. The fourth-order valence-electron chi connectivity index (χ4n) is 3.52. The van der Waals surface area contributed by atoms with Crippen LogP contribution in [0.3, 0.4) is 0 Å². The summed E-state index contributed by atoms with van der Waals surface area (Å²) < 4.78 is 45.0. The second kappa shape index (κ2) is 8.10. The number of ether oxygens (including phenoxy) is 1. The van der Waals surface area contributed by atoms with Gasteiger partial charge in [-0.3, -0.25) is 4.79 Å². The van der Waals surface area contributed by atoms with Gasteiger partial charge in [0.25, 0.3) is 11.6 Å². The maximum atomic E-state index is 12.9. The van der Waals surface area contributed by atoms with E-state index in [9.17, 15) is 18.0 Å². The van der Waals surface area contributed by atoms with Crippen LogP contribution in [0.5, 0.6) is 5.75 Å². The number of benzene rings is 2. The summed E-state index contributed by atoms with van der Waals surface area (Å²) in [7, 11) is 1.61. The van der Waals surface area contributed by atoms with Crippen molar-refractivity contribution >= 4 is 22.5 Å². The first kappa shape index (κ1) is 21.5. The van der Waals surface area contributed by atoms with Gasteiger partial charge in [-0.1, -0.05) is 18.2 Å². The average Bonchev–Trinajstić information content (AvgIpc) is 3.19. The van der Waals surface area contributed by atoms with Gasteiger partial charge in [0.2, 0.25) is 5.91 Å². The number of fused-ring (bicyclic) bond motifs is 2. The molecule has 0 radical (unpaired) electrons. The molecule has 1 N–H and O–H groups in total. The summed E-state index contributed by atoms with van der Waals surface area (Å²) in [5.41, 5.74) is 2.26. The van der Waals surface area contributed by atoms with Gasteiger partial charge < -0.3 is 10.1 Å². The molecule has 0 atom stereocenters. The van der Waals surface area contributed by atoms with E-state index in [0.29, 0.717) is 23.5 Å². The second-order valence-electron chi connectivity index (χ2n) is 7.41. The van der Waals surface area contributed by atoms with Crippen molar-refractivity contribution in [2.45, 2.75) is 33.0 Å². The van der Waals surface area contributed by atoms with Gasteiger partial charge in [-0.2, -0.15) is 18.2 Å². The molecular weight excluding hydrogens is 423 g/mol. The van der Waals surface area contributed by atoms with Crippen molar-refractivity contribution in [3.05, 3.63) is 64.7 Å². The van der Waals surface area contributed by atoms with Crippen molar-refractivity contribution in [3.8, 4) is 5.75 Å². The van der Waals surface area contributed by atoms with Gasteiger partial charge in [0, 0.05) is 23.5 Å². The van der Waals surface area contributed by atoms with Crippen LogP contribution in [0.25, 0.3) is 16.6 Å². The third kappa shape index (κ3) is 4.20. The molecule has 0 aliphatic rings. The SMILES string of the molecule is COc1ccc2cc(CNC(=O)Cc3c(C)nc4nc(C(F)(F)F)nn4c3C)ccc2c1. The topological polar surface area (TPSA) is 81.4 Å². The van der Waals surface area contributed by atoms with Crippen LogP contribution in [-0.2, 0) is 23.9 Å². The van der Waals surface area contributed by atoms with Gasteiger partial charge in [0.15, 0.2) is 0 Å². The number of hydrogen-bond donors (Lipinski definition) is 1. The number of aromatic nitrogens is 4. The molecule has 0 unspecified atom stereocenters. The smallest absolute Gasteiger partial charge is 0.453 e. The zero-order valence-corrected chi connectivity index (χ0v) is 17.6. The third-order valence-electron chi connectivity index (χ3n) is 5.24. The van der Waals surface area contributed by atoms with Crippen LogP contribution in [0.1, 0.15) is 28.3 Å². The molecule has 0 saturated heterocycles. The Balaban J connectivity index is 1.49. The van der Waals surface area contributed by atoms with Crippen molar-refractivity contribution in [1.82, 2.24) is 24.9 Å². The lowest BCUT2D eigenvalue weighted by molar-refractivity contribution is -0.144. The van der Waals surface area contributed by atoms with Gasteiger partial charge in [-0.25, -0.2) is 9.50 Å². The molecule has 0 aliphatic carbocycles. The third-order valence-corrected chi connectivity index (χ3v) is 5.24. The number of hydrogen-bond acceptors (Lipinski definition) is 5. The van der Waals surface area contributed by atoms with E-state index >= 15 is 0 Å². The molecule has 4 rings (SSSR count). The zero-order valence-electron chi connectivity index (χ0n) is 17.6. The summed E-state index contributed by atoms with van der Waals surface area (Å²) in [6.45, 7) is 3.54. The normalized spacial score (nSPS) is 11.8. The Kier molecular flexibility index (Phi) is 5.45. The molecule has 7 nitrogen and oxygen atoms in total. The predicted molar refractivity (Wildman–Crippen MR) is 111 cm³/mol. The summed E-state index contributed by atoms with van der Waals surface area (Å²) in [6, 6.07) is 11.6. The van der Waals surface area contributed by atoms with Crippen LogP contribution in [0.4, 0.5) is 13.2 Å². The van der Waals surface area contributed by atoms with Crippen molar-refractivity contribution in [3.63, 3.8) is 0 Å². The molecular formula is C22H20F3N5O2. The number of rotatable bonds is 5. The summed E-state index contributed by atoms with van der Waals surface area (Å²) in [5.74, 6) is -0.916. The monoisotopic (exact) mass is 443 g/mol. The number of carbonyl (C=O) groups excluding carboxylic acids is 1. The van der Waals surface area contributed by atoms with E-state index in [0.717, 1.165) is 26.6 Å². The molecule has 0 spiro atoms. The quantitative estimate of drug-likeness (QED) is 0.508. The Bertz CT molecular complexity index is 1330. The summed E-state index contributed by atoms with van der Waals surface area (Å²) >= 11 is 0. The lowest BCUT2D eigenvalue weighted by Crippen LogP contribution is -2.25. The molecule has 4 aromatic rings. The Labute approximate surface area is 181 Å². The van der Waals surface area contributed by atoms with Crippen LogP contribution in [-0.4, -0.2) is 32.6 Å². The first-order valence-electron chi connectivity index (χ1n) is 9.79. The molecule has 10 heteroatoms. The van der Waals surface area contributed by atoms with E-state index in [2.05, 4.69) is 20.4 Å². The number of methoxy groups -OCH3 is 1. The van der Waals surface area contributed by atoms with E-state index in [1.54, 1.807) is 21.0 Å². The first-order chi connectivity index (χ1) is 15.2. The number of amides is 1. The van der Waals surface area contributed by atoms with Crippen LogP contribution < -0.4 is 10.1 Å². The predicted octanol–water partition coefficient (Wildman–Crippen LogP) is 3.78. The van der Waals surface area contributed by atoms with Crippen LogP contribution >= 0.6 is 0 Å². The van der Waals surface area contributed by atoms with E-state index in [1.165, 1.54) is 0 Å². The highest BCUT2D eigenvalue weighted by Crippen LogP contribution is 2.27. The zero-order chi connectivity index (χ0) is 23.0. The van der Waals surface area contributed by atoms with Gasteiger partial charge in [-0.15, -0.1) is 5.10 Å². The lowest BCUT2D eigenvalue weighted by atomic mass is 10.1. The van der Waals surface area contributed by atoms with Crippen LogP contribution in [0.2, 0.25) is 0 Å². The Morgan fingerprint density at radius 2 is 1.81 bits per heavy atom. The standard InChI is InChI=1S/C22H20F3N5O2/c1-12-18(13(2)30-21(27-12)28-20(29-30)22(23,24)25)10-19(31)26-11-14-4-5-16-9-17(32-3)7-6-15(16)8-14/h4-9H,10-11H2,1-3H3,(H,26,31). The maximum Gasteiger partial charge on any atom is 0.453 e. The van der Waals surface area contributed by atoms with E-state index < -0.39 is 12.0 Å². The number of alkyl halides is 3. The summed E-state index contributed by atoms with van der Waals surface area (Å²) in [5, 5.41) is 8.40. The number of halogens is 3. The fourth-order valence-corrected chi connectivity index (χ4v) is 3.52. The Morgan fingerprint density at radius 3 is 2.53 bits per heavy atom. The van der Waals surface area contributed by atoms with Crippen LogP contribution in [0, 0.1) is 13.8 Å². The van der Waals surface area contributed by atoms with Crippen molar-refractivity contribution in [2.75, 3.05) is 7.11 Å². The number of carbonyl (C=O) groups is 1. The average molecular weight is 443 g/mol. The summed E-state index contributed by atoms with van der Waals surface area (Å²) in [4.78, 5) is 20.1. The molecule has 32 heavy (non-hydrogen) atoms. The molecule has 2 aromatic heterocycles. The van der Waals surface area contributed by atoms with Gasteiger partial charge >= 0.3 is 6.18 Å². The highest BCUT2D eigenvalue weighted by atomic mass is 19.4. The highest BCUT2D eigenvalue weighted by molar-refractivity contribution is 5.85. The van der Waals surface area contributed by atoms with E-state index in [-0.39, 0.29) is 18.1 Å². The minimum absolute atomic E-state index is 0.0351. The van der Waals surface area contributed by atoms with E-state index in [4.69, 9.17) is 4.74 Å². The number of nitrogens with one attached hydrogen (secondary N) is 1. The lowest BCUT2D eigenvalue weighted by Gasteiger charge is -2.11. The largest absolute Gasteiger partial charge is 0.497 e.